The molecule has 7 nitrogen and oxygen atoms in total. The Kier molecular flexibility index (Phi) is 4.78. The number of nitrogens with zero attached hydrogens (tertiary/aromatic N) is 2. The Hall–Kier alpha value is -2.12. The average Bonchev–Trinajstić information content (AvgIpc) is 2.98. The standard InChI is InChI=1S/C16H20N2O5/c19-12-10-14(15(20)17-6-8-22-9-7-17)18(11-12)16(21)23-13-4-2-1-3-5-13/h1-5,12,14,19H,6-11H2/t12-,14+/m1/s1. The highest BCUT2D eigenvalue weighted by Gasteiger charge is 2.42. The van der Waals surface area contributed by atoms with E-state index in [-0.39, 0.29) is 18.9 Å². The fourth-order valence-corrected chi connectivity index (χ4v) is 2.89. The SMILES string of the molecule is O=C([C@@H]1C[C@@H](O)CN1C(=O)Oc1ccccc1)N1CCOCC1. The summed E-state index contributed by atoms with van der Waals surface area (Å²) >= 11 is 0. The molecule has 0 bridgehead atoms. The summed E-state index contributed by atoms with van der Waals surface area (Å²) in [6, 6.07) is 8.00. The maximum absolute atomic E-state index is 12.6. The molecule has 2 aliphatic heterocycles. The van der Waals surface area contributed by atoms with Gasteiger partial charge in [-0.05, 0) is 12.1 Å². The molecule has 2 amide bonds. The second-order valence-electron chi connectivity index (χ2n) is 5.68. The minimum Gasteiger partial charge on any atom is -0.410 e. The fraction of sp³-hybridized carbons (Fsp3) is 0.500. The molecule has 0 aromatic heterocycles. The van der Waals surface area contributed by atoms with E-state index in [0.717, 1.165) is 0 Å². The lowest BCUT2D eigenvalue weighted by molar-refractivity contribution is -0.139. The van der Waals surface area contributed by atoms with Gasteiger partial charge in [-0.15, -0.1) is 0 Å². The van der Waals surface area contributed by atoms with Crippen molar-refractivity contribution in [2.45, 2.75) is 18.6 Å². The molecule has 0 aliphatic carbocycles. The number of rotatable bonds is 2. The van der Waals surface area contributed by atoms with Crippen LogP contribution in [0.2, 0.25) is 0 Å². The lowest BCUT2D eigenvalue weighted by atomic mass is 10.1. The molecule has 0 radical (unpaired) electrons. The van der Waals surface area contributed by atoms with Gasteiger partial charge in [-0.3, -0.25) is 9.69 Å². The number of carbonyl (C=O) groups excluding carboxylic acids is 2. The van der Waals surface area contributed by atoms with Crippen molar-refractivity contribution in [3.05, 3.63) is 30.3 Å². The molecule has 0 unspecified atom stereocenters. The van der Waals surface area contributed by atoms with Crippen molar-refractivity contribution >= 4 is 12.0 Å². The van der Waals surface area contributed by atoms with Gasteiger partial charge in [0.2, 0.25) is 5.91 Å². The van der Waals surface area contributed by atoms with E-state index in [2.05, 4.69) is 0 Å². The first kappa shape index (κ1) is 15.8. The van der Waals surface area contributed by atoms with Crippen LogP contribution in [0.4, 0.5) is 4.79 Å². The van der Waals surface area contributed by atoms with Crippen molar-refractivity contribution in [3.8, 4) is 5.75 Å². The molecule has 0 saturated carbocycles. The van der Waals surface area contributed by atoms with Gasteiger partial charge in [-0.25, -0.2) is 4.79 Å². The second-order valence-corrected chi connectivity index (χ2v) is 5.68. The first-order valence-electron chi connectivity index (χ1n) is 7.73. The summed E-state index contributed by atoms with van der Waals surface area (Å²) in [5, 5.41) is 9.89. The second kappa shape index (κ2) is 6.97. The number of likely N-dealkylation sites (tertiary alicyclic amines) is 1. The normalized spacial score (nSPS) is 24.6. The van der Waals surface area contributed by atoms with E-state index in [1.165, 1.54) is 4.90 Å². The lowest BCUT2D eigenvalue weighted by Gasteiger charge is -2.31. The first-order valence-corrected chi connectivity index (χ1v) is 7.73. The molecular formula is C16H20N2O5. The molecule has 3 rings (SSSR count). The van der Waals surface area contributed by atoms with Crippen LogP contribution in [0.25, 0.3) is 0 Å². The summed E-state index contributed by atoms with van der Waals surface area (Å²) in [6.07, 6.45) is -1.09. The lowest BCUT2D eigenvalue weighted by Crippen LogP contribution is -2.51. The van der Waals surface area contributed by atoms with Crippen LogP contribution < -0.4 is 4.74 Å². The predicted octanol–water partition coefficient (Wildman–Crippen LogP) is 0.479. The molecule has 2 heterocycles. The number of hydrogen-bond acceptors (Lipinski definition) is 5. The summed E-state index contributed by atoms with van der Waals surface area (Å²) in [5.41, 5.74) is 0. The molecule has 7 heteroatoms. The number of amides is 2. The van der Waals surface area contributed by atoms with Crippen LogP contribution in [0.15, 0.2) is 30.3 Å². The molecule has 1 N–H and O–H groups in total. The van der Waals surface area contributed by atoms with Crippen LogP contribution >= 0.6 is 0 Å². The topological polar surface area (TPSA) is 79.3 Å². The highest BCUT2D eigenvalue weighted by atomic mass is 16.6. The highest BCUT2D eigenvalue weighted by Crippen LogP contribution is 2.22. The van der Waals surface area contributed by atoms with Gasteiger partial charge in [-0.2, -0.15) is 0 Å². The van der Waals surface area contributed by atoms with Gasteiger partial charge >= 0.3 is 6.09 Å². The highest BCUT2D eigenvalue weighted by molar-refractivity contribution is 5.87. The van der Waals surface area contributed by atoms with E-state index in [1.807, 2.05) is 6.07 Å². The van der Waals surface area contributed by atoms with E-state index in [4.69, 9.17) is 9.47 Å². The number of β-amino-alcohol motifs (C(OH)–C–C–N with tert-alkyl or cyclic N) is 1. The third kappa shape index (κ3) is 3.62. The summed E-state index contributed by atoms with van der Waals surface area (Å²) in [5.74, 6) is 0.256. The van der Waals surface area contributed by atoms with Gasteiger partial charge in [0.05, 0.1) is 25.9 Å². The van der Waals surface area contributed by atoms with E-state index >= 15 is 0 Å². The van der Waals surface area contributed by atoms with Crippen molar-refractivity contribution < 1.29 is 24.2 Å². The summed E-state index contributed by atoms with van der Waals surface area (Å²) in [6.45, 7) is 2.11. The molecule has 0 spiro atoms. The van der Waals surface area contributed by atoms with Gasteiger partial charge < -0.3 is 19.5 Å². The number of para-hydroxylation sites is 1. The third-order valence-electron chi connectivity index (χ3n) is 4.07. The first-order chi connectivity index (χ1) is 11.1. The van der Waals surface area contributed by atoms with E-state index < -0.39 is 18.2 Å². The molecule has 1 aromatic rings. The average molecular weight is 320 g/mol. The summed E-state index contributed by atoms with van der Waals surface area (Å²) in [4.78, 5) is 28.0. The molecule has 1 aromatic carbocycles. The van der Waals surface area contributed by atoms with Crippen LogP contribution in [-0.2, 0) is 9.53 Å². The van der Waals surface area contributed by atoms with Gasteiger partial charge in [0, 0.05) is 19.5 Å². The number of benzene rings is 1. The van der Waals surface area contributed by atoms with Crippen LogP contribution in [0, 0.1) is 0 Å². The minimum atomic E-state index is -0.715. The van der Waals surface area contributed by atoms with Crippen molar-refractivity contribution in [3.63, 3.8) is 0 Å². The zero-order valence-electron chi connectivity index (χ0n) is 12.8. The van der Waals surface area contributed by atoms with Crippen LogP contribution in [-0.4, -0.2) is 71.9 Å². The monoisotopic (exact) mass is 320 g/mol. The maximum Gasteiger partial charge on any atom is 0.416 e. The van der Waals surface area contributed by atoms with E-state index in [9.17, 15) is 14.7 Å². The predicted molar refractivity (Wildman–Crippen MR) is 81.0 cm³/mol. The number of hydrogen-bond donors (Lipinski definition) is 1. The molecule has 2 atom stereocenters. The molecule has 23 heavy (non-hydrogen) atoms. The smallest absolute Gasteiger partial charge is 0.410 e. The van der Waals surface area contributed by atoms with Crippen molar-refractivity contribution in [1.82, 2.24) is 9.80 Å². The fourth-order valence-electron chi connectivity index (χ4n) is 2.89. The summed E-state index contributed by atoms with van der Waals surface area (Å²) < 4.78 is 10.5. The van der Waals surface area contributed by atoms with Crippen molar-refractivity contribution in [2.75, 3.05) is 32.8 Å². The molecular weight excluding hydrogens is 300 g/mol. The zero-order chi connectivity index (χ0) is 16.2. The van der Waals surface area contributed by atoms with Crippen LogP contribution in [0.3, 0.4) is 0 Å². The maximum atomic E-state index is 12.6. The Morgan fingerprint density at radius 1 is 1.17 bits per heavy atom. The Morgan fingerprint density at radius 2 is 1.87 bits per heavy atom. The van der Waals surface area contributed by atoms with Gasteiger partial charge in [-0.1, -0.05) is 18.2 Å². The minimum absolute atomic E-state index is 0.104. The van der Waals surface area contributed by atoms with Gasteiger partial charge in [0.15, 0.2) is 0 Å². The number of ether oxygens (including phenoxy) is 2. The Balaban J connectivity index is 1.68. The van der Waals surface area contributed by atoms with Crippen LogP contribution in [0.5, 0.6) is 5.75 Å². The molecule has 124 valence electrons. The summed E-state index contributed by atoms with van der Waals surface area (Å²) in [7, 11) is 0. The van der Waals surface area contributed by atoms with Crippen molar-refractivity contribution in [2.24, 2.45) is 0 Å². The largest absolute Gasteiger partial charge is 0.416 e. The third-order valence-corrected chi connectivity index (χ3v) is 4.07. The Labute approximate surface area is 134 Å². The number of aliphatic hydroxyl groups excluding tert-OH is 1. The Morgan fingerprint density at radius 3 is 2.57 bits per heavy atom. The molecule has 2 saturated heterocycles. The quantitative estimate of drug-likeness (QED) is 0.857. The molecule has 2 aliphatic rings. The molecule has 2 fully saturated rings. The van der Waals surface area contributed by atoms with Gasteiger partial charge in [0.25, 0.3) is 0 Å². The van der Waals surface area contributed by atoms with Crippen LogP contribution in [0.1, 0.15) is 6.42 Å². The Bertz CT molecular complexity index is 559. The number of carbonyl (C=O) groups is 2. The van der Waals surface area contributed by atoms with Gasteiger partial charge in [0.1, 0.15) is 11.8 Å². The zero-order valence-corrected chi connectivity index (χ0v) is 12.8. The van der Waals surface area contributed by atoms with Crippen molar-refractivity contribution in [1.29, 1.82) is 0 Å². The number of aliphatic hydroxyl groups is 1. The van der Waals surface area contributed by atoms with E-state index in [0.29, 0.717) is 32.1 Å². The van der Waals surface area contributed by atoms with E-state index in [1.54, 1.807) is 29.2 Å². The number of morpholine rings is 1.